The van der Waals surface area contributed by atoms with Gasteiger partial charge in [-0.2, -0.15) is 0 Å². The van der Waals surface area contributed by atoms with Crippen LogP contribution in [0.25, 0.3) is 0 Å². The quantitative estimate of drug-likeness (QED) is 0.838. The molecule has 2 saturated heterocycles. The summed E-state index contributed by atoms with van der Waals surface area (Å²) in [6.07, 6.45) is 5.97. The molecule has 0 bridgehead atoms. The topological polar surface area (TPSA) is 37.7 Å². The van der Waals surface area contributed by atoms with Crippen molar-refractivity contribution in [1.29, 1.82) is 0 Å². The average Bonchev–Trinajstić information content (AvgIpc) is 3.01. The second-order valence-electron chi connectivity index (χ2n) is 6.41. The molecule has 0 saturated carbocycles. The van der Waals surface area contributed by atoms with Gasteiger partial charge in [0.15, 0.2) is 0 Å². The van der Waals surface area contributed by atoms with Crippen LogP contribution in [0.1, 0.15) is 53.7 Å². The summed E-state index contributed by atoms with van der Waals surface area (Å²) in [7, 11) is 0. The maximum Gasteiger partial charge on any atom is 0.287 e. The van der Waals surface area contributed by atoms with E-state index in [0.29, 0.717) is 0 Å². The smallest absolute Gasteiger partial charge is 0.287 e. The number of aromatic nitrogens is 1. The molecule has 1 aromatic heterocycles. The van der Waals surface area contributed by atoms with Crippen LogP contribution in [-0.4, -0.2) is 37.0 Å². The second-order valence-corrected chi connectivity index (χ2v) is 6.41. The fourth-order valence-electron chi connectivity index (χ4n) is 3.57. The molecule has 21 heavy (non-hydrogen) atoms. The zero-order valence-electron chi connectivity index (χ0n) is 13.2. The van der Waals surface area contributed by atoms with Crippen LogP contribution in [0.3, 0.4) is 0 Å². The number of amides is 1. The van der Waals surface area contributed by atoms with E-state index in [-0.39, 0.29) is 5.91 Å². The molecule has 2 fully saturated rings. The van der Waals surface area contributed by atoms with Gasteiger partial charge in [-0.1, -0.05) is 0 Å². The Kier molecular flexibility index (Phi) is 4.13. The number of anilines is 1. The molecule has 2 aliphatic rings. The SMILES string of the molecule is Cc1cc(C)c(C(=O)N2CCCCC2)c(N2CCCC2)[nH+]1. The Hall–Kier alpha value is -1.58. The summed E-state index contributed by atoms with van der Waals surface area (Å²) in [5.74, 6) is 1.26. The molecule has 114 valence electrons. The van der Waals surface area contributed by atoms with Crippen molar-refractivity contribution in [3.05, 3.63) is 22.9 Å². The third-order valence-corrected chi connectivity index (χ3v) is 4.66. The van der Waals surface area contributed by atoms with Crippen LogP contribution in [0.2, 0.25) is 0 Å². The van der Waals surface area contributed by atoms with Crippen LogP contribution < -0.4 is 9.88 Å². The number of pyridine rings is 1. The first kappa shape index (κ1) is 14.4. The number of aryl methyl sites for hydroxylation is 2. The number of carbonyl (C=O) groups is 1. The first-order valence-corrected chi connectivity index (χ1v) is 8.24. The van der Waals surface area contributed by atoms with Crippen molar-refractivity contribution in [2.24, 2.45) is 0 Å². The van der Waals surface area contributed by atoms with E-state index in [2.05, 4.69) is 29.8 Å². The molecule has 0 unspecified atom stereocenters. The highest BCUT2D eigenvalue weighted by atomic mass is 16.2. The maximum atomic E-state index is 13.0. The summed E-state index contributed by atoms with van der Waals surface area (Å²) < 4.78 is 0. The lowest BCUT2D eigenvalue weighted by Gasteiger charge is -2.28. The minimum Gasteiger partial charge on any atom is -0.338 e. The van der Waals surface area contributed by atoms with Gasteiger partial charge in [0.2, 0.25) is 0 Å². The van der Waals surface area contributed by atoms with E-state index in [1.165, 1.54) is 19.3 Å². The van der Waals surface area contributed by atoms with E-state index in [1.54, 1.807) is 0 Å². The van der Waals surface area contributed by atoms with Crippen LogP contribution in [0.4, 0.5) is 5.82 Å². The van der Waals surface area contributed by atoms with Crippen LogP contribution in [0.5, 0.6) is 0 Å². The fourth-order valence-corrected chi connectivity index (χ4v) is 3.57. The normalized spacial score (nSPS) is 19.1. The summed E-state index contributed by atoms with van der Waals surface area (Å²) in [4.78, 5) is 20.8. The van der Waals surface area contributed by atoms with Crippen molar-refractivity contribution in [3.8, 4) is 0 Å². The zero-order chi connectivity index (χ0) is 14.8. The van der Waals surface area contributed by atoms with Gasteiger partial charge < -0.3 is 4.90 Å². The molecule has 0 atom stereocenters. The van der Waals surface area contributed by atoms with Crippen molar-refractivity contribution in [2.75, 3.05) is 31.1 Å². The number of H-pyrrole nitrogens is 1. The van der Waals surface area contributed by atoms with E-state index in [4.69, 9.17) is 0 Å². The Labute approximate surface area is 127 Å². The molecule has 0 spiro atoms. The Morgan fingerprint density at radius 3 is 2.29 bits per heavy atom. The Bertz CT molecular complexity index is 529. The molecule has 1 N–H and O–H groups in total. The molecule has 3 rings (SSSR count). The van der Waals surface area contributed by atoms with Gasteiger partial charge >= 0.3 is 0 Å². The predicted molar refractivity (Wildman–Crippen MR) is 83.7 cm³/mol. The van der Waals surface area contributed by atoms with Gasteiger partial charge in [-0.3, -0.25) is 9.69 Å². The second kappa shape index (κ2) is 6.04. The van der Waals surface area contributed by atoms with Gasteiger partial charge in [-0.05, 0) is 57.6 Å². The largest absolute Gasteiger partial charge is 0.338 e. The Morgan fingerprint density at radius 1 is 1.00 bits per heavy atom. The van der Waals surface area contributed by atoms with E-state index in [0.717, 1.165) is 61.7 Å². The van der Waals surface area contributed by atoms with E-state index >= 15 is 0 Å². The summed E-state index contributed by atoms with van der Waals surface area (Å²) in [5.41, 5.74) is 3.12. The molecule has 0 aromatic carbocycles. The van der Waals surface area contributed by atoms with Gasteiger partial charge in [-0.15, -0.1) is 0 Å². The summed E-state index contributed by atoms with van der Waals surface area (Å²) in [6.45, 7) is 8.07. The van der Waals surface area contributed by atoms with E-state index < -0.39 is 0 Å². The zero-order valence-corrected chi connectivity index (χ0v) is 13.2. The highest BCUT2D eigenvalue weighted by Gasteiger charge is 2.31. The average molecular weight is 288 g/mol. The van der Waals surface area contributed by atoms with Gasteiger partial charge in [-0.25, -0.2) is 4.98 Å². The molecule has 4 nitrogen and oxygen atoms in total. The van der Waals surface area contributed by atoms with Gasteiger partial charge in [0, 0.05) is 13.1 Å². The van der Waals surface area contributed by atoms with Crippen molar-refractivity contribution >= 4 is 11.7 Å². The monoisotopic (exact) mass is 288 g/mol. The van der Waals surface area contributed by atoms with Crippen LogP contribution in [-0.2, 0) is 0 Å². The predicted octanol–water partition coefficient (Wildman–Crippen LogP) is 2.34. The Balaban J connectivity index is 1.97. The number of rotatable bonds is 2. The molecule has 4 heteroatoms. The van der Waals surface area contributed by atoms with Gasteiger partial charge in [0.25, 0.3) is 11.7 Å². The van der Waals surface area contributed by atoms with Crippen LogP contribution in [0.15, 0.2) is 6.07 Å². The number of aromatic amines is 1. The van der Waals surface area contributed by atoms with Crippen molar-refractivity contribution in [1.82, 2.24) is 4.90 Å². The molecule has 3 heterocycles. The number of piperidine rings is 1. The van der Waals surface area contributed by atoms with Gasteiger partial charge in [0.05, 0.1) is 18.8 Å². The highest BCUT2D eigenvalue weighted by Crippen LogP contribution is 2.25. The number of nitrogens with zero attached hydrogens (tertiary/aromatic N) is 2. The van der Waals surface area contributed by atoms with Crippen LogP contribution in [0, 0.1) is 13.8 Å². The number of hydrogen-bond donors (Lipinski definition) is 0. The van der Waals surface area contributed by atoms with Crippen molar-refractivity contribution < 1.29 is 9.78 Å². The third-order valence-electron chi connectivity index (χ3n) is 4.66. The summed E-state index contributed by atoms with van der Waals surface area (Å²) in [5, 5.41) is 0. The molecule has 0 aliphatic carbocycles. The molecular weight excluding hydrogens is 262 g/mol. The molecule has 2 aliphatic heterocycles. The number of nitrogens with one attached hydrogen (secondary N) is 1. The third kappa shape index (κ3) is 2.89. The molecule has 1 amide bonds. The minimum atomic E-state index is 0.213. The lowest BCUT2D eigenvalue weighted by atomic mass is 10.0. The standard InChI is InChI=1S/C17H25N3O/c1-13-12-14(2)18-16(19-8-6-7-9-19)15(13)17(21)20-10-4-3-5-11-20/h12H,3-11H2,1-2H3/p+1. The Morgan fingerprint density at radius 2 is 1.62 bits per heavy atom. The van der Waals surface area contributed by atoms with E-state index in [9.17, 15) is 4.79 Å². The lowest BCUT2D eigenvalue weighted by molar-refractivity contribution is -0.373. The number of likely N-dealkylation sites (tertiary alicyclic amines) is 1. The summed E-state index contributed by atoms with van der Waals surface area (Å²) in [6, 6.07) is 2.09. The highest BCUT2D eigenvalue weighted by molar-refractivity contribution is 5.99. The minimum absolute atomic E-state index is 0.213. The van der Waals surface area contributed by atoms with Gasteiger partial charge in [0.1, 0.15) is 5.56 Å². The van der Waals surface area contributed by atoms with Crippen LogP contribution >= 0.6 is 0 Å². The van der Waals surface area contributed by atoms with E-state index in [1.807, 2.05) is 4.90 Å². The lowest BCUT2D eigenvalue weighted by Crippen LogP contribution is -2.39. The molecular formula is C17H26N3O+. The fraction of sp³-hybridized carbons (Fsp3) is 0.647. The molecule has 0 radical (unpaired) electrons. The molecule has 1 aromatic rings. The van der Waals surface area contributed by atoms with Crippen molar-refractivity contribution in [3.63, 3.8) is 0 Å². The summed E-state index contributed by atoms with van der Waals surface area (Å²) >= 11 is 0. The number of carbonyl (C=O) groups excluding carboxylic acids is 1. The first-order chi connectivity index (χ1) is 10.2. The first-order valence-electron chi connectivity index (χ1n) is 8.24. The van der Waals surface area contributed by atoms with Crippen molar-refractivity contribution in [2.45, 2.75) is 46.0 Å². The number of hydrogen-bond acceptors (Lipinski definition) is 2. The maximum absolute atomic E-state index is 13.0.